The fraction of sp³-hybridized carbons (Fsp3) is 0.381. The minimum Gasteiger partial charge on any atom is -0.344 e. The van der Waals surface area contributed by atoms with Crippen LogP contribution in [0.3, 0.4) is 0 Å². The van der Waals surface area contributed by atoms with Crippen molar-refractivity contribution in [3.05, 3.63) is 70.2 Å². The van der Waals surface area contributed by atoms with Gasteiger partial charge in [-0.05, 0) is 44.1 Å². The minimum absolute atomic E-state index is 0.0599. The summed E-state index contributed by atoms with van der Waals surface area (Å²) >= 11 is 5.94. The van der Waals surface area contributed by atoms with E-state index >= 15 is 0 Å². The van der Waals surface area contributed by atoms with Crippen LogP contribution >= 0.6 is 11.6 Å². The highest BCUT2D eigenvalue weighted by Crippen LogP contribution is 2.36. The van der Waals surface area contributed by atoms with E-state index in [9.17, 15) is 18.0 Å². The number of nitrogens with zero attached hydrogens (tertiary/aromatic N) is 1. The van der Waals surface area contributed by atoms with Gasteiger partial charge < -0.3 is 10.2 Å². The summed E-state index contributed by atoms with van der Waals surface area (Å²) in [7, 11) is 2.00. The molecule has 1 aliphatic heterocycles. The molecule has 3 rings (SSSR count). The van der Waals surface area contributed by atoms with Gasteiger partial charge >= 0.3 is 6.18 Å². The van der Waals surface area contributed by atoms with E-state index in [1.54, 1.807) is 0 Å². The van der Waals surface area contributed by atoms with Crippen LogP contribution in [0.2, 0.25) is 5.02 Å². The lowest BCUT2D eigenvalue weighted by Crippen LogP contribution is -2.47. The normalized spacial score (nSPS) is 19.2. The smallest absolute Gasteiger partial charge is 0.344 e. The Morgan fingerprint density at radius 2 is 1.86 bits per heavy atom. The first kappa shape index (κ1) is 20.7. The summed E-state index contributed by atoms with van der Waals surface area (Å²) in [5.41, 5.74) is -0.263. The summed E-state index contributed by atoms with van der Waals surface area (Å²) in [5.74, 6) is -0.607. The molecule has 2 aromatic carbocycles. The highest BCUT2D eigenvalue weighted by molar-refractivity contribution is 6.34. The van der Waals surface area contributed by atoms with E-state index in [-0.39, 0.29) is 17.6 Å². The Kier molecular flexibility index (Phi) is 6.30. The Morgan fingerprint density at radius 3 is 2.50 bits per heavy atom. The van der Waals surface area contributed by atoms with E-state index in [0.29, 0.717) is 0 Å². The number of nitrogens with one attached hydrogen (secondary N) is 1. The van der Waals surface area contributed by atoms with Crippen molar-refractivity contribution in [3.8, 4) is 0 Å². The number of hydrogen-bond acceptors (Lipinski definition) is 2. The minimum atomic E-state index is -4.62. The summed E-state index contributed by atoms with van der Waals surface area (Å²) in [6, 6.07) is 12.6. The number of halogens is 4. The number of piperidine rings is 1. The van der Waals surface area contributed by atoms with Gasteiger partial charge in [-0.25, -0.2) is 0 Å². The lowest BCUT2D eigenvalue weighted by Gasteiger charge is -2.38. The van der Waals surface area contributed by atoms with E-state index in [2.05, 4.69) is 10.2 Å². The molecular weight excluding hydrogens is 389 g/mol. The average molecular weight is 411 g/mol. The number of alkyl halides is 3. The molecule has 1 heterocycles. The van der Waals surface area contributed by atoms with Crippen LogP contribution in [0.25, 0.3) is 0 Å². The van der Waals surface area contributed by atoms with Gasteiger partial charge in [-0.1, -0.05) is 54.4 Å². The molecule has 1 fully saturated rings. The molecule has 150 valence electrons. The lowest BCUT2D eigenvalue weighted by molar-refractivity contribution is -0.137. The second kappa shape index (κ2) is 8.53. The molecule has 7 heteroatoms. The number of rotatable bonds is 4. The molecule has 0 aromatic heterocycles. The number of likely N-dealkylation sites (N-methyl/N-ethyl adjacent to an activating group) is 1. The van der Waals surface area contributed by atoms with Crippen LogP contribution in [-0.2, 0) is 6.18 Å². The van der Waals surface area contributed by atoms with E-state index < -0.39 is 22.7 Å². The highest BCUT2D eigenvalue weighted by atomic mass is 35.5. The number of benzene rings is 2. The van der Waals surface area contributed by atoms with Gasteiger partial charge in [0.1, 0.15) is 0 Å². The van der Waals surface area contributed by atoms with E-state index in [4.69, 9.17) is 11.6 Å². The molecule has 0 radical (unpaired) electrons. The van der Waals surface area contributed by atoms with Gasteiger partial charge in [0.25, 0.3) is 5.91 Å². The molecular formula is C21H22ClF3N2O. The maximum Gasteiger partial charge on any atom is 0.417 e. The Balaban J connectivity index is 1.92. The Hall–Kier alpha value is -2.05. The second-order valence-corrected chi connectivity index (χ2v) is 7.45. The molecule has 3 nitrogen and oxygen atoms in total. The number of carbonyl (C=O) groups excluding carboxylic acids is 1. The van der Waals surface area contributed by atoms with Crippen molar-refractivity contribution in [2.75, 3.05) is 13.6 Å². The first-order valence-corrected chi connectivity index (χ1v) is 9.58. The average Bonchev–Trinajstić information content (AvgIpc) is 2.66. The van der Waals surface area contributed by atoms with Crippen molar-refractivity contribution < 1.29 is 18.0 Å². The van der Waals surface area contributed by atoms with Gasteiger partial charge in [0.05, 0.1) is 22.2 Å². The maximum absolute atomic E-state index is 13.1. The van der Waals surface area contributed by atoms with Crippen LogP contribution in [0.5, 0.6) is 0 Å². The number of amides is 1. The van der Waals surface area contributed by atoms with Crippen molar-refractivity contribution in [1.29, 1.82) is 0 Å². The van der Waals surface area contributed by atoms with Crippen LogP contribution in [0, 0.1) is 0 Å². The third-order valence-corrected chi connectivity index (χ3v) is 5.61. The first-order valence-electron chi connectivity index (χ1n) is 9.21. The topological polar surface area (TPSA) is 32.3 Å². The molecule has 2 aromatic rings. The van der Waals surface area contributed by atoms with E-state index in [0.717, 1.165) is 37.4 Å². The molecule has 1 amide bonds. The van der Waals surface area contributed by atoms with Crippen molar-refractivity contribution >= 4 is 17.5 Å². The molecule has 1 aliphatic rings. The van der Waals surface area contributed by atoms with Gasteiger partial charge in [-0.15, -0.1) is 0 Å². The maximum atomic E-state index is 13.1. The number of likely N-dealkylation sites (tertiary alicyclic amines) is 1. The summed E-state index contributed by atoms with van der Waals surface area (Å²) in [6.07, 6.45) is -1.59. The standard InChI is InChI=1S/C21H22ClF3N2O/c1-27-13-6-5-12-17(27)19(14-8-3-2-4-9-14)26-20(28)15-10-7-11-16(18(15)22)21(23,24)25/h2-4,7-11,17,19H,5-6,12-13H2,1H3,(H,26,28)/t17-,19?/m0/s1. The highest BCUT2D eigenvalue weighted by Gasteiger charge is 2.36. The summed E-state index contributed by atoms with van der Waals surface area (Å²) in [6.45, 7) is 0.911. The van der Waals surface area contributed by atoms with Crippen molar-refractivity contribution in [3.63, 3.8) is 0 Å². The monoisotopic (exact) mass is 410 g/mol. The van der Waals surface area contributed by atoms with Crippen molar-refractivity contribution in [2.45, 2.75) is 37.5 Å². The SMILES string of the molecule is CN1CCCC[C@H]1C(NC(=O)c1cccc(C(F)(F)F)c1Cl)c1ccccc1. The zero-order valence-corrected chi connectivity index (χ0v) is 16.2. The van der Waals surface area contributed by atoms with E-state index in [1.807, 2.05) is 37.4 Å². The van der Waals surface area contributed by atoms with Crippen molar-refractivity contribution in [1.82, 2.24) is 10.2 Å². The molecule has 0 aliphatic carbocycles. The Labute approximate surface area is 167 Å². The van der Waals surface area contributed by atoms with Crippen LogP contribution in [0.15, 0.2) is 48.5 Å². The summed E-state index contributed by atoms with van der Waals surface area (Å²) < 4.78 is 39.4. The van der Waals surface area contributed by atoms with Gasteiger partial charge in [0.15, 0.2) is 0 Å². The van der Waals surface area contributed by atoms with Crippen molar-refractivity contribution in [2.24, 2.45) is 0 Å². The molecule has 0 bridgehead atoms. The first-order chi connectivity index (χ1) is 13.3. The van der Waals surface area contributed by atoms with Crippen LogP contribution < -0.4 is 5.32 Å². The molecule has 1 N–H and O–H groups in total. The number of carbonyl (C=O) groups is 1. The molecule has 28 heavy (non-hydrogen) atoms. The van der Waals surface area contributed by atoms with Crippen LogP contribution in [0.4, 0.5) is 13.2 Å². The largest absolute Gasteiger partial charge is 0.417 e. The molecule has 0 saturated carbocycles. The zero-order valence-electron chi connectivity index (χ0n) is 15.5. The van der Waals surface area contributed by atoms with Gasteiger partial charge in [0.2, 0.25) is 0 Å². The predicted octanol–water partition coefficient (Wildman–Crippen LogP) is 5.31. The quantitative estimate of drug-likeness (QED) is 0.740. The fourth-order valence-electron chi connectivity index (χ4n) is 3.73. The Morgan fingerprint density at radius 1 is 1.14 bits per heavy atom. The van der Waals surface area contributed by atoms with E-state index in [1.165, 1.54) is 12.1 Å². The zero-order chi connectivity index (χ0) is 20.3. The lowest BCUT2D eigenvalue weighted by atomic mass is 9.91. The molecule has 1 saturated heterocycles. The molecule has 0 spiro atoms. The van der Waals surface area contributed by atoms with Crippen LogP contribution in [0.1, 0.15) is 46.8 Å². The predicted molar refractivity (Wildman–Crippen MR) is 103 cm³/mol. The molecule has 1 unspecified atom stereocenters. The van der Waals surface area contributed by atoms with Gasteiger partial charge in [0, 0.05) is 6.04 Å². The Bertz CT molecular complexity index is 826. The third kappa shape index (κ3) is 4.50. The second-order valence-electron chi connectivity index (χ2n) is 7.07. The van der Waals surface area contributed by atoms with Gasteiger partial charge in [-0.3, -0.25) is 4.79 Å². The molecule has 2 atom stereocenters. The summed E-state index contributed by atoms with van der Waals surface area (Å²) in [4.78, 5) is 15.1. The summed E-state index contributed by atoms with van der Waals surface area (Å²) in [5, 5.41) is 2.36. The van der Waals surface area contributed by atoms with Crippen LogP contribution in [-0.4, -0.2) is 30.4 Å². The number of hydrogen-bond donors (Lipinski definition) is 1. The van der Waals surface area contributed by atoms with Gasteiger partial charge in [-0.2, -0.15) is 13.2 Å². The fourth-order valence-corrected chi connectivity index (χ4v) is 4.05. The third-order valence-electron chi connectivity index (χ3n) is 5.21.